The van der Waals surface area contributed by atoms with Crippen molar-refractivity contribution in [3.8, 4) is 0 Å². The molecule has 0 aromatic carbocycles. The molecule has 7 nitrogen and oxygen atoms in total. The third-order valence-corrected chi connectivity index (χ3v) is 5.57. The van der Waals surface area contributed by atoms with Crippen molar-refractivity contribution in [3.05, 3.63) is 0 Å². The van der Waals surface area contributed by atoms with Gasteiger partial charge in [0.1, 0.15) is 5.84 Å². The van der Waals surface area contributed by atoms with E-state index in [9.17, 15) is 8.42 Å². The second-order valence-electron chi connectivity index (χ2n) is 5.68. The summed E-state index contributed by atoms with van der Waals surface area (Å²) < 4.78 is 31.1. The molecule has 3 N–H and O–H groups in total. The second kappa shape index (κ2) is 6.73. The number of amidine groups is 1. The summed E-state index contributed by atoms with van der Waals surface area (Å²) in [6.45, 7) is 6.60. The molecular formula is C12H25N3O4S. The lowest BCUT2D eigenvalue weighted by Crippen LogP contribution is -2.48. The van der Waals surface area contributed by atoms with Crippen LogP contribution in [-0.2, 0) is 14.8 Å². The summed E-state index contributed by atoms with van der Waals surface area (Å²) in [6.07, 6.45) is 1.12. The van der Waals surface area contributed by atoms with Crippen molar-refractivity contribution in [2.45, 2.75) is 39.7 Å². The molecule has 118 valence electrons. The van der Waals surface area contributed by atoms with E-state index >= 15 is 0 Å². The van der Waals surface area contributed by atoms with Gasteiger partial charge in [-0.05, 0) is 26.7 Å². The largest absolute Gasteiger partial charge is 0.409 e. The van der Waals surface area contributed by atoms with E-state index in [1.165, 1.54) is 4.31 Å². The van der Waals surface area contributed by atoms with Gasteiger partial charge in [0, 0.05) is 18.5 Å². The smallest absolute Gasteiger partial charge is 0.216 e. The Morgan fingerprint density at radius 1 is 1.45 bits per heavy atom. The predicted molar refractivity (Wildman–Crippen MR) is 77.2 cm³/mol. The zero-order valence-corrected chi connectivity index (χ0v) is 13.2. The van der Waals surface area contributed by atoms with Crippen LogP contribution in [0.15, 0.2) is 5.16 Å². The summed E-state index contributed by atoms with van der Waals surface area (Å²) in [5, 5.41) is 11.8. The first-order valence-electron chi connectivity index (χ1n) is 6.79. The van der Waals surface area contributed by atoms with Crippen molar-refractivity contribution in [2.75, 3.05) is 25.4 Å². The van der Waals surface area contributed by atoms with Crippen molar-refractivity contribution in [1.82, 2.24) is 4.31 Å². The van der Waals surface area contributed by atoms with E-state index in [0.29, 0.717) is 25.9 Å². The number of rotatable bonds is 6. The summed E-state index contributed by atoms with van der Waals surface area (Å²) in [7, 11) is -3.30. The highest BCUT2D eigenvalue weighted by molar-refractivity contribution is 7.89. The maximum absolute atomic E-state index is 12.2. The quantitative estimate of drug-likeness (QED) is 0.323. The molecule has 0 bridgehead atoms. The van der Waals surface area contributed by atoms with Gasteiger partial charge in [-0.25, -0.2) is 12.7 Å². The molecule has 20 heavy (non-hydrogen) atoms. The van der Waals surface area contributed by atoms with Crippen LogP contribution in [-0.4, -0.2) is 55.3 Å². The van der Waals surface area contributed by atoms with Gasteiger partial charge in [0.05, 0.1) is 18.5 Å². The van der Waals surface area contributed by atoms with E-state index < -0.39 is 15.4 Å². The maximum Gasteiger partial charge on any atom is 0.216 e. The summed E-state index contributed by atoms with van der Waals surface area (Å²) in [5.74, 6) is 0.156. The minimum absolute atomic E-state index is 0.00847. The standard InChI is InChI=1S/C12H25N3O4S/c1-10(2)19-8-9-20(17,18)15-6-4-12(3,5-7-15)11(13)14-16/h10,16H,4-9H2,1-3H3,(H2,13,14). The van der Waals surface area contributed by atoms with Crippen LogP contribution in [0, 0.1) is 5.41 Å². The molecule has 0 radical (unpaired) electrons. The summed E-state index contributed by atoms with van der Waals surface area (Å²) in [5.41, 5.74) is 5.23. The summed E-state index contributed by atoms with van der Waals surface area (Å²) in [6, 6.07) is 0. The van der Waals surface area contributed by atoms with Crippen LogP contribution in [0.1, 0.15) is 33.6 Å². The number of nitrogens with zero attached hydrogens (tertiary/aromatic N) is 2. The average molecular weight is 307 g/mol. The molecule has 0 aromatic heterocycles. The van der Waals surface area contributed by atoms with Gasteiger partial charge in [0.25, 0.3) is 0 Å². The second-order valence-corrected chi connectivity index (χ2v) is 7.77. The lowest BCUT2D eigenvalue weighted by molar-refractivity contribution is 0.0904. The molecule has 8 heteroatoms. The SMILES string of the molecule is CC(C)OCCS(=O)(=O)N1CCC(C)(C(N)=NO)CC1. The third-order valence-electron chi connectivity index (χ3n) is 3.74. The lowest BCUT2D eigenvalue weighted by Gasteiger charge is -2.37. The van der Waals surface area contributed by atoms with Crippen molar-refractivity contribution in [3.63, 3.8) is 0 Å². The van der Waals surface area contributed by atoms with E-state index in [1.54, 1.807) is 0 Å². The van der Waals surface area contributed by atoms with Crippen LogP contribution in [0.3, 0.4) is 0 Å². The Morgan fingerprint density at radius 3 is 2.45 bits per heavy atom. The van der Waals surface area contributed by atoms with Gasteiger partial charge in [-0.1, -0.05) is 12.1 Å². The van der Waals surface area contributed by atoms with Gasteiger partial charge in [-0.3, -0.25) is 0 Å². The minimum atomic E-state index is -3.30. The Kier molecular flexibility index (Phi) is 5.79. The number of oxime groups is 1. The highest BCUT2D eigenvalue weighted by Crippen LogP contribution is 2.32. The van der Waals surface area contributed by atoms with Crippen molar-refractivity contribution >= 4 is 15.9 Å². The third kappa shape index (κ3) is 4.32. The normalized spacial score (nSPS) is 21.3. The molecule has 1 fully saturated rings. The van der Waals surface area contributed by atoms with Gasteiger partial charge < -0.3 is 15.7 Å². The van der Waals surface area contributed by atoms with Crippen LogP contribution in [0.5, 0.6) is 0 Å². The first-order chi connectivity index (χ1) is 9.21. The van der Waals surface area contributed by atoms with Crippen LogP contribution < -0.4 is 5.73 Å². The monoisotopic (exact) mass is 307 g/mol. The number of nitrogens with two attached hydrogens (primary N) is 1. The molecule has 0 aliphatic carbocycles. The number of sulfonamides is 1. The molecule has 0 amide bonds. The Balaban J connectivity index is 2.56. The highest BCUT2D eigenvalue weighted by atomic mass is 32.2. The average Bonchev–Trinajstić information content (AvgIpc) is 2.37. The Morgan fingerprint density at radius 2 is 2.00 bits per heavy atom. The van der Waals surface area contributed by atoms with E-state index in [1.807, 2.05) is 20.8 Å². The Hall–Kier alpha value is -0.860. The van der Waals surface area contributed by atoms with Gasteiger partial charge in [0.2, 0.25) is 10.0 Å². The highest BCUT2D eigenvalue weighted by Gasteiger charge is 2.37. The van der Waals surface area contributed by atoms with Gasteiger partial charge in [0.15, 0.2) is 0 Å². The van der Waals surface area contributed by atoms with E-state index in [-0.39, 0.29) is 24.3 Å². The molecule has 0 aromatic rings. The van der Waals surface area contributed by atoms with Crippen LogP contribution in [0.25, 0.3) is 0 Å². The van der Waals surface area contributed by atoms with Crippen molar-refractivity contribution in [1.29, 1.82) is 0 Å². The van der Waals surface area contributed by atoms with Gasteiger partial charge in [-0.2, -0.15) is 0 Å². The fraction of sp³-hybridized carbons (Fsp3) is 0.917. The molecule has 0 unspecified atom stereocenters. The molecule has 0 spiro atoms. The Bertz CT molecular complexity index is 440. The number of hydrogen-bond acceptors (Lipinski definition) is 5. The molecule has 1 saturated heterocycles. The fourth-order valence-corrected chi connectivity index (χ4v) is 3.46. The summed E-state index contributed by atoms with van der Waals surface area (Å²) in [4.78, 5) is 0. The summed E-state index contributed by atoms with van der Waals surface area (Å²) >= 11 is 0. The topological polar surface area (TPSA) is 105 Å². The lowest BCUT2D eigenvalue weighted by atomic mass is 9.80. The fourth-order valence-electron chi connectivity index (χ4n) is 2.15. The molecule has 0 atom stereocenters. The van der Waals surface area contributed by atoms with E-state index in [2.05, 4.69) is 5.16 Å². The Labute approximate surface area is 120 Å². The molecule has 1 heterocycles. The molecule has 1 aliphatic rings. The van der Waals surface area contributed by atoms with Crippen LogP contribution >= 0.6 is 0 Å². The number of hydrogen-bond donors (Lipinski definition) is 2. The van der Waals surface area contributed by atoms with E-state index in [0.717, 1.165) is 0 Å². The zero-order chi connectivity index (χ0) is 15.4. The molecule has 1 rings (SSSR count). The number of ether oxygens (including phenoxy) is 1. The first kappa shape index (κ1) is 17.2. The van der Waals surface area contributed by atoms with Crippen molar-refractivity contribution < 1.29 is 18.4 Å². The zero-order valence-electron chi connectivity index (χ0n) is 12.4. The molecule has 1 aliphatic heterocycles. The molecule has 0 saturated carbocycles. The maximum atomic E-state index is 12.2. The van der Waals surface area contributed by atoms with Crippen molar-refractivity contribution in [2.24, 2.45) is 16.3 Å². The van der Waals surface area contributed by atoms with Crippen LogP contribution in [0.2, 0.25) is 0 Å². The van der Waals surface area contributed by atoms with Gasteiger partial charge in [-0.15, -0.1) is 0 Å². The minimum Gasteiger partial charge on any atom is -0.409 e. The van der Waals surface area contributed by atoms with Crippen LogP contribution in [0.4, 0.5) is 0 Å². The van der Waals surface area contributed by atoms with Gasteiger partial charge >= 0.3 is 0 Å². The van der Waals surface area contributed by atoms with E-state index in [4.69, 9.17) is 15.7 Å². The first-order valence-corrected chi connectivity index (χ1v) is 8.39. The molecular weight excluding hydrogens is 282 g/mol. The predicted octanol–water partition coefficient (Wildman–Crippen LogP) is 0.590. The number of piperidine rings is 1.